The Labute approximate surface area is 147 Å². The quantitative estimate of drug-likeness (QED) is 0.596. The van der Waals surface area contributed by atoms with E-state index < -0.39 is 0 Å². The largest absolute Gasteiger partial charge is 0.492 e. The van der Waals surface area contributed by atoms with Crippen LogP contribution in [0.5, 0.6) is 5.75 Å². The number of Topliss-reactive ketones (excluding diaryl/α,β-unsaturated/α-hetero) is 1. The van der Waals surface area contributed by atoms with Crippen molar-refractivity contribution in [1.29, 1.82) is 0 Å². The Morgan fingerprint density at radius 1 is 1.12 bits per heavy atom. The van der Waals surface area contributed by atoms with Gasteiger partial charge in [0.05, 0.1) is 5.92 Å². The molecule has 1 heterocycles. The Hall–Kier alpha value is -2.62. The number of hydrogen-bond acceptors (Lipinski definition) is 4. The lowest BCUT2D eigenvalue weighted by molar-refractivity contribution is -0.148. The summed E-state index contributed by atoms with van der Waals surface area (Å²) in [7, 11) is 0. The summed E-state index contributed by atoms with van der Waals surface area (Å²) in [5.41, 5.74) is 2.76. The first kappa shape index (κ1) is 17.2. The number of ether oxygens (including phenoxy) is 2. The van der Waals surface area contributed by atoms with E-state index in [0.717, 1.165) is 24.2 Å². The molecular weight excluding hydrogens is 316 g/mol. The van der Waals surface area contributed by atoms with Crippen LogP contribution in [-0.2, 0) is 22.4 Å². The Bertz CT molecular complexity index is 749. The number of carbonyl (C=O) groups excluding carboxylic acids is 2. The van der Waals surface area contributed by atoms with Crippen molar-refractivity contribution in [3.63, 3.8) is 0 Å². The first-order valence-electron chi connectivity index (χ1n) is 8.67. The van der Waals surface area contributed by atoms with Gasteiger partial charge in [-0.05, 0) is 30.0 Å². The van der Waals surface area contributed by atoms with E-state index in [2.05, 4.69) is 6.92 Å². The van der Waals surface area contributed by atoms with Gasteiger partial charge < -0.3 is 9.47 Å². The number of esters is 1. The molecule has 0 aliphatic carbocycles. The van der Waals surface area contributed by atoms with Crippen LogP contribution in [0.25, 0.3) is 0 Å². The summed E-state index contributed by atoms with van der Waals surface area (Å²) in [6.07, 6.45) is 2.64. The number of hydrogen-bond donors (Lipinski definition) is 0. The third-order valence-corrected chi connectivity index (χ3v) is 4.37. The molecule has 0 saturated heterocycles. The van der Waals surface area contributed by atoms with Crippen LogP contribution in [0, 0.1) is 5.92 Å². The van der Waals surface area contributed by atoms with E-state index in [1.807, 2.05) is 36.4 Å². The fourth-order valence-electron chi connectivity index (χ4n) is 2.96. The molecule has 1 atom stereocenters. The maximum atomic E-state index is 12.2. The summed E-state index contributed by atoms with van der Waals surface area (Å²) in [4.78, 5) is 24.4. The Kier molecular flexibility index (Phi) is 5.49. The average molecular weight is 338 g/mol. The maximum absolute atomic E-state index is 12.2. The lowest BCUT2D eigenvalue weighted by Gasteiger charge is -2.23. The Balaban J connectivity index is 1.53. The van der Waals surface area contributed by atoms with Crippen LogP contribution >= 0.6 is 0 Å². The summed E-state index contributed by atoms with van der Waals surface area (Å²) < 4.78 is 10.8. The second-order valence-electron chi connectivity index (χ2n) is 6.30. The van der Waals surface area contributed by atoms with Crippen molar-refractivity contribution in [2.75, 3.05) is 13.2 Å². The van der Waals surface area contributed by atoms with E-state index in [4.69, 9.17) is 9.47 Å². The molecule has 0 fully saturated rings. The summed E-state index contributed by atoms with van der Waals surface area (Å²) >= 11 is 0. The van der Waals surface area contributed by atoms with Gasteiger partial charge >= 0.3 is 5.97 Å². The zero-order chi connectivity index (χ0) is 17.6. The number of ketones is 1. The van der Waals surface area contributed by atoms with Crippen molar-refractivity contribution >= 4 is 11.8 Å². The van der Waals surface area contributed by atoms with Crippen molar-refractivity contribution in [3.05, 3.63) is 65.2 Å². The number of aryl methyl sites for hydroxylation is 1. The van der Waals surface area contributed by atoms with E-state index in [1.54, 1.807) is 12.1 Å². The number of carbonyl (C=O) groups is 2. The predicted octanol–water partition coefficient (Wildman–Crippen LogP) is 3.62. The van der Waals surface area contributed by atoms with Crippen LogP contribution in [0.4, 0.5) is 0 Å². The van der Waals surface area contributed by atoms with Crippen molar-refractivity contribution < 1.29 is 19.1 Å². The minimum Gasteiger partial charge on any atom is -0.492 e. The highest BCUT2D eigenvalue weighted by Crippen LogP contribution is 2.27. The van der Waals surface area contributed by atoms with E-state index in [9.17, 15) is 9.59 Å². The molecule has 0 radical (unpaired) electrons. The van der Waals surface area contributed by atoms with Gasteiger partial charge in [-0.2, -0.15) is 0 Å². The van der Waals surface area contributed by atoms with Crippen molar-refractivity contribution in [1.82, 2.24) is 0 Å². The van der Waals surface area contributed by atoms with E-state index in [0.29, 0.717) is 12.0 Å². The van der Waals surface area contributed by atoms with Crippen LogP contribution in [0.3, 0.4) is 0 Å². The normalized spacial score (nSPS) is 15.8. The zero-order valence-electron chi connectivity index (χ0n) is 14.4. The minimum absolute atomic E-state index is 0.187. The van der Waals surface area contributed by atoms with E-state index in [-0.39, 0.29) is 30.9 Å². The summed E-state index contributed by atoms with van der Waals surface area (Å²) in [6.45, 7) is 2.17. The lowest BCUT2D eigenvalue weighted by Crippen LogP contribution is -2.31. The van der Waals surface area contributed by atoms with Crippen LogP contribution < -0.4 is 4.74 Å². The van der Waals surface area contributed by atoms with Crippen molar-refractivity contribution in [2.24, 2.45) is 5.92 Å². The predicted molar refractivity (Wildman–Crippen MR) is 94.9 cm³/mol. The second kappa shape index (κ2) is 7.97. The van der Waals surface area contributed by atoms with Gasteiger partial charge in [-0.15, -0.1) is 0 Å². The molecule has 0 amide bonds. The Morgan fingerprint density at radius 3 is 2.64 bits per heavy atom. The summed E-state index contributed by atoms with van der Waals surface area (Å²) in [6, 6.07) is 15.1. The second-order valence-corrected chi connectivity index (χ2v) is 6.30. The molecule has 2 aromatic carbocycles. The third kappa shape index (κ3) is 4.27. The summed E-state index contributed by atoms with van der Waals surface area (Å²) in [5.74, 6) is -0.122. The monoisotopic (exact) mass is 338 g/mol. The molecule has 130 valence electrons. The van der Waals surface area contributed by atoms with E-state index >= 15 is 0 Å². The molecule has 25 heavy (non-hydrogen) atoms. The molecule has 4 nitrogen and oxygen atoms in total. The summed E-state index contributed by atoms with van der Waals surface area (Å²) in [5, 5.41) is 0. The molecule has 1 unspecified atom stereocenters. The molecule has 1 aliphatic rings. The van der Waals surface area contributed by atoms with Crippen LogP contribution in [0.2, 0.25) is 0 Å². The number of fused-ring (bicyclic) bond motifs is 1. The molecule has 0 saturated carbocycles. The molecule has 1 aliphatic heterocycles. The van der Waals surface area contributed by atoms with Crippen LogP contribution in [0.15, 0.2) is 48.5 Å². The molecule has 0 bridgehead atoms. The first-order valence-corrected chi connectivity index (χ1v) is 8.67. The molecule has 3 rings (SSSR count). The number of rotatable bonds is 6. The minimum atomic E-state index is -0.384. The van der Waals surface area contributed by atoms with Crippen molar-refractivity contribution in [3.8, 4) is 5.75 Å². The van der Waals surface area contributed by atoms with Gasteiger partial charge in [0.2, 0.25) is 0 Å². The highest BCUT2D eigenvalue weighted by Gasteiger charge is 2.27. The molecule has 0 spiro atoms. The van der Waals surface area contributed by atoms with Gasteiger partial charge in [-0.1, -0.05) is 55.8 Å². The van der Waals surface area contributed by atoms with Gasteiger partial charge in [-0.3, -0.25) is 9.59 Å². The highest BCUT2D eigenvalue weighted by molar-refractivity contribution is 5.98. The van der Waals surface area contributed by atoms with Crippen molar-refractivity contribution in [2.45, 2.75) is 26.2 Å². The number of para-hydroxylation sites is 1. The highest BCUT2D eigenvalue weighted by atomic mass is 16.5. The van der Waals surface area contributed by atoms with Gasteiger partial charge in [0.25, 0.3) is 0 Å². The van der Waals surface area contributed by atoms with Gasteiger partial charge in [-0.25, -0.2) is 0 Å². The maximum Gasteiger partial charge on any atom is 0.313 e. The van der Waals surface area contributed by atoms with Gasteiger partial charge in [0, 0.05) is 5.56 Å². The molecular formula is C21H22O4. The third-order valence-electron chi connectivity index (χ3n) is 4.37. The fraction of sp³-hybridized carbons (Fsp3) is 0.333. The SMILES string of the molecule is CCCc1ccc(C(=O)COC(=O)C2COc3ccccc3C2)cc1. The van der Waals surface area contributed by atoms with Crippen LogP contribution in [0.1, 0.15) is 34.8 Å². The first-order chi connectivity index (χ1) is 12.2. The Morgan fingerprint density at radius 2 is 1.88 bits per heavy atom. The molecule has 0 N–H and O–H groups in total. The van der Waals surface area contributed by atoms with Gasteiger partial charge in [0.15, 0.2) is 12.4 Å². The van der Waals surface area contributed by atoms with E-state index in [1.165, 1.54) is 5.56 Å². The molecule has 2 aromatic rings. The standard InChI is InChI=1S/C21H22O4/c1-2-5-15-8-10-16(11-9-15)19(22)14-25-21(23)18-12-17-6-3-4-7-20(17)24-13-18/h3-4,6-11,18H,2,5,12-14H2,1H3. The fourth-order valence-corrected chi connectivity index (χ4v) is 2.96. The smallest absolute Gasteiger partial charge is 0.313 e. The zero-order valence-corrected chi connectivity index (χ0v) is 14.4. The molecule has 4 heteroatoms. The topological polar surface area (TPSA) is 52.6 Å². The average Bonchev–Trinajstić information content (AvgIpc) is 2.66. The molecule has 0 aromatic heterocycles. The van der Waals surface area contributed by atoms with Crippen LogP contribution in [-0.4, -0.2) is 25.0 Å². The van der Waals surface area contributed by atoms with Gasteiger partial charge in [0.1, 0.15) is 12.4 Å². The lowest BCUT2D eigenvalue weighted by atomic mass is 9.97. The number of benzene rings is 2.